The molecular formula is C14H10F2N2O2S2. The molecule has 4 nitrogen and oxygen atoms in total. The number of thiazole rings is 1. The van der Waals surface area contributed by atoms with Gasteiger partial charge in [0.2, 0.25) is 10.0 Å². The van der Waals surface area contributed by atoms with Crippen LogP contribution in [0, 0.1) is 11.6 Å². The van der Waals surface area contributed by atoms with E-state index in [2.05, 4.69) is 9.71 Å². The first-order valence-corrected chi connectivity index (χ1v) is 8.54. The molecule has 22 heavy (non-hydrogen) atoms. The number of sulfonamides is 1. The lowest BCUT2D eigenvalue weighted by Crippen LogP contribution is -2.23. The van der Waals surface area contributed by atoms with Crippen LogP contribution in [-0.2, 0) is 16.6 Å². The Kier molecular flexibility index (Phi) is 3.90. The maximum absolute atomic E-state index is 13.1. The number of hydrogen-bond acceptors (Lipinski definition) is 4. The Morgan fingerprint density at radius 3 is 2.45 bits per heavy atom. The number of benzene rings is 2. The second-order valence-corrected chi connectivity index (χ2v) is 7.39. The molecular weight excluding hydrogens is 330 g/mol. The van der Waals surface area contributed by atoms with Gasteiger partial charge in [-0.15, -0.1) is 11.3 Å². The van der Waals surface area contributed by atoms with Crippen LogP contribution in [0.3, 0.4) is 0 Å². The SMILES string of the molecule is O=S(=O)(NCc1nc2ccccc2s1)c1cc(F)cc(F)c1. The summed E-state index contributed by atoms with van der Waals surface area (Å²) in [6, 6.07) is 9.56. The third kappa shape index (κ3) is 3.13. The van der Waals surface area contributed by atoms with Crippen LogP contribution in [0.4, 0.5) is 8.78 Å². The van der Waals surface area contributed by atoms with Crippen molar-refractivity contribution < 1.29 is 17.2 Å². The molecule has 0 saturated heterocycles. The summed E-state index contributed by atoms with van der Waals surface area (Å²) in [7, 11) is -4.00. The van der Waals surface area contributed by atoms with Crippen LogP contribution >= 0.6 is 11.3 Å². The molecule has 0 radical (unpaired) electrons. The van der Waals surface area contributed by atoms with Crippen molar-refractivity contribution in [2.24, 2.45) is 0 Å². The van der Waals surface area contributed by atoms with Crippen molar-refractivity contribution in [2.75, 3.05) is 0 Å². The monoisotopic (exact) mass is 340 g/mol. The van der Waals surface area contributed by atoms with Gasteiger partial charge in [-0.3, -0.25) is 0 Å². The third-order valence-electron chi connectivity index (χ3n) is 2.90. The van der Waals surface area contributed by atoms with Crippen LogP contribution in [0.1, 0.15) is 5.01 Å². The summed E-state index contributed by atoms with van der Waals surface area (Å²) in [5.74, 6) is -1.89. The van der Waals surface area contributed by atoms with Crippen LogP contribution < -0.4 is 4.72 Å². The molecule has 3 rings (SSSR count). The summed E-state index contributed by atoms with van der Waals surface area (Å²) in [5.41, 5.74) is 0.776. The molecule has 8 heteroatoms. The van der Waals surface area contributed by atoms with E-state index in [1.54, 1.807) is 0 Å². The zero-order valence-corrected chi connectivity index (χ0v) is 12.7. The topological polar surface area (TPSA) is 59.1 Å². The molecule has 0 aliphatic rings. The highest BCUT2D eigenvalue weighted by Gasteiger charge is 2.17. The van der Waals surface area contributed by atoms with E-state index in [-0.39, 0.29) is 6.54 Å². The number of nitrogens with zero attached hydrogens (tertiary/aromatic N) is 1. The fraction of sp³-hybridized carbons (Fsp3) is 0.0714. The van der Waals surface area contributed by atoms with Gasteiger partial charge in [-0.05, 0) is 24.3 Å². The molecule has 1 heterocycles. The van der Waals surface area contributed by atoms with Crippen molar-refractivity contribution in [3.63, 3.8) is 0 Å². The zero-order valence-electron chi connectivity index (χ0n) is 11.1. The Bertz CT molecular complexity index is 886. The van der Waals surface area contributed by atoms with Gasteiger partial charge >= 0.3 is 0 Å². The van der Waals surface area contributed by atoms with Crippen molar-refractivity contribution in [3.05, 3.63) is 59.1 Å². The largest absolute Gasteiger partial charge is 0.241 e. The molecule has 0 unspecified atom stereocenters. The molecule has 1 N–H and O–H groups in total. The number of halogens is 2. The number of rotatable bonds is 4. The van der Waals surface area contributed by atoms with Gasteiger partial charge < -0.3 is 0 Å². The maximum Gasteiger partial charge on any atom is 0.241 e. The lowest BCUT2D eigenvalue weighted by Gasteiger charge is -2.05. The molecule has 0 amide bonds. The second kappa shape index (κ2) is 5.71. The minimum atomic E-state index is -4.00. The van der Waals surface area contributed by atoms with Crippen LogP contribution in [-0.4, -0.2) is 13.4 Å². The zero-order chi connectivity index (χ0) is 15.7. The first kappa shape index (κ1) is 15.0. The van der Waals surface area contributed by atoms with E-state index >= 15 is 0 Å². The Balaban J connectivity index is 1.82. The Morgan fingerprint density at radius 2 is 1.77 bits per heavy atom. The standard InChI is InChI=1S/C14H10F2N2O2S2/c15-9-5-10(16)7-11(6-9)22(19,20)17-8-14-18-12-3-1-2-4-13(12)21-14/h1-7,17H,8H2. The van der Waals surface area contributed by atoms with Crippen LogP contribution in [0.5, 0.6) is 0 Å². The van der Waals surface area contributed by atoms with Gasteiger partial charge in [0.05, 0.1) is 21.7 Å². The van der Waals surface area contributed by atoms with Gasteiger partial charge in [0.15, 0.2) is 0 Å². The second-order valence-electron chi connectivity index (χ2n) is 4.51. The Labute approximate surface area is 129 Å². The average Bonchev–Trinajstić information content (AvgIpc) is 2.87. The van der Waals surface area contributed by atoms with Gasteiger partial charge in [0, 0.05) is 6.07 Å². The van der Waals surface area contributed by atoms with Crippen LogP contribution in [0.2, 0.25) is 0 Å². The van der Waals surface area contributed by atoms with Gasteiger partial charge in [-0.1, -0.05) is 12.1 Å². The molecule has 0 spiro atoms. The van der Waals surface area contributed by atoms with E-state index in [0.29, 0.717) is 11.1 Å². The summed E-state index contributed by atoms with van der Waals surface area (Å²) >= 11 is 1.35. The number of nitrogens with one attached hydrogen (secondary N) is 1. The van der Waals surface area contributed by atoms with Crippen LogP contribution in [0.15, 0.2) is 47.4 Å². The lowest BCUT2D eigenvalue weighted by atomic mass is 10.3. The fourth-order valence-corrected chi connectivity index (χ4v) is 3.95. The average molecular weight is 340 g/mol. The van der Waals surface area contributed by atoms with Crippen molar-refractivity contribution in [2.45, 2.75) is 11.4 Å². The van der Waals surface area contributed by atoms with E-state index in [0.717, 1.165) is 22.3 Å². The Morgan fingerprint density at radius 1 is 1.09 bits per heavy atom. The van der Waals surface area contributed by atoms with E-state index in [9.17, 15) is 17.2 Å². The fourth-order valence-electron chi connectivity index (χ4n) is 1.92. The minimum absolute atomic E-state index is 0.0419. The number of para-hydroxylation sites is 1. The molecule has 0 atom stereocenters. The number of aromatic nitrogens is 1. The quantitative estimate of drug-likeness (QED) is 0.794. The molecule has 114 valence electrons. The predicted molar refractivity (Wildman–Crippen MR) is 80.0 cm³/mol. The molecule has 3 aromatic rings. The van der Waals surface area contributed by atoms with Crippen molar-refractivity contribution >= 4 is 31.6 Å². The molecule has 0 fully saturated rings. The van der Waals surface area contributed by atoms with Crippen molar-refractivity contribution in [1.29, 1.82) is 0 Å². The molecule has 0 aliphatic carbocycles. The van der Waals surface area contributed by atoms with Gasteiger partial charge in [-0.25, -0.2) is 26.9 Å². The summed E-state index contributed by atoms with van der Waals surface area (Å²) in [6.07, 6.45) is 0. The minimum Gasteiger partial charge on any atom is -0.240 e. The summed E-state index contributed by atoms with van der Waals surface area (Å²) < 4.78 is 53.6. The van der Waals surface area contributed by atoms with Gasteiger partial charge in [0.25, 0.3) is 0 Å². The van der Waals surface area contributed by atoms with Crippen LogP contribution in [0.25, 0.3) is 10.2 Å². The van der Waals surface area contributed by atoms with E-state index in [4.69, 9.17) is 0 Å². The molecule has 1 aromatic heterocycles. The van der Waals surface area contributed by atoms with E-state index < -0.39 is 26.6 Å². The Hall–Kier alpha value is -1.90. The summed E-state index contributed by atoms with van der Waals surface area (Å²) in [5, 5.41) is 0.571. The van der Waals surface area contributed by atoms with Crippen molar-refractivity contribution in [3.8, 4) is 0 Å². The van der Waals surface area contributed by atoms with E-state index in [1.807, 2.05) is 24.3 Å². The number of fused-ring (bicyclic) bond motifs is 1. The normalized spacial score (nSPS) is 11.9. The maximum atomic E-state index is 13.1. The molecule has 0 saturated carbocycles. The van der Waals surface area contributed by atoms with Crippen molar-refractivity contribution in [1.82, 2.24) is 9.71 Å². The lowest BCUT2D eigenvalue weighted by molar-refractivity contribution is 0.561. The predicted octanol–water partition coefficient (Wildman–Crippen LogP) is 3.05. The number of hydrogen-bond donors (Lipinski definition) is 1. The molecule has 0 bridgehead atoms. The summed E-state index contributed by atoms with van der Waals surface area (Å²) in [4.78, 5) is 3.84. The van der Waals surface area contributed by atoms with Gasteiger partial charge in [0.1, 0.15) is 16.6 Å². The first-order chi connectivity index (χ1) is 10.4. The van der Waals surface area contributed by atoms with Gasteiger partial charge in [-0.2, -0.15) is 0 Å². The summed E-state index contributed by atoms with van der Waals surface area (Å²) in [6.45, 7) is -0.0419. The highest BCUT2D eigenvalue weighted by atomic mass is 32.2. The highest BCUT2D eigenvalue weighted by Crippen LogP contribution is 2.22. The van der Waals surface area contributed by atoms with E-state index in [1.165, 1.54) is 11.3 Å². The molecule has 2 aromatic carbocycles. The highest BCUT2D eigenvalue weighted by molar-refractivity contribution is 7.89. The first-order valence-electron chi connectivity index (χ1n) is 6.24. The molecule has 0 aliphatic heterocycles. The smallest absolute Gasteiger partial charge is 0.240 e. The third-order valence-corrected chi connectivity index (χ3v) is 5.32.